The lowest BCUT2D eigenvalue weighted by Gasteiger charge is -2.19. The fraction of sp³-hybridized carbons (Fsp3) is 0.375. The van der Waals surface area contributed by atoms with E-state index in [1.165, 1.54) is 11.6 Å². The SMILES string of the molecule is CCCNC(c1cc(C)c(Br)s1)c1ccc(OC)cc1F. The van der Waals surface area contributed by atoms with Crippen LogP contribution in [0, 0.1) is 12.7 Å². The summed E-state index contributed by atoms with van der Waals surface area (Å²) in [5.74, 6) is 0.291. The molecule has 2 aromatic rings. The van der Waals surface area contributed by atoms with Crippen molar-refractivity contribution in [2.24, 2.45) is 0 Å². The van der Waals surface area contributed by atoms with Gasteiger partial charge in [-0.3, -0.25) is 0 Å². The van der Waals surface area contributed by atoms with Gasteiger partial charge in [-0.15, -0.1) is 11.3 Å². The van der Waals surface area contributed by atoms with Crippen LogP contribution in [0.3, 0.4) is 0 Å². The van der Waals surface area contributed by atoms with E-state index in [-0.39, 0.29) is 11.9 Å². The molecule has 2 rings (SSSR count). The maximum absolute atomic E-state index is 14.4. The number of hydrogen-bond acceptors (Lipinski definition) is 3. The van der Waals surface area contributed by atoms with E-state index in [1.54, 1.807) is 30.6 Å². The fourth-order valence-corrected chi connectivity index (χ4v) is 3.81. The molecule has 0 saturated carbocycles. The molecule has 0 spiro atoms. The van der Waals surface area contributed by atoms with Gasteiger partial charge in [-0.1, -0.05) is 13.0 Å². The molecular weight excluding hydrogens is 353 g/mol. The van der Waals surface area contributed by atoms with Gasteiger partial charge in [-0.2, -0.15) is 0 Å². The smallest absolute Gasteiger partial charge is 0.132 e. The first-order valence-corrected chi connectivity index (χ1v) is 8.50. The summed E-state index contributed by atoms with van der Waals surface area (Å²) < 4.78 is 20.5. The molecule has 2 nitrogen and oxygen atoms in total. The first kappa shape index (κ1) is 16.5. The van der Waals surface area contributed by atoms with Gasteiger partial charge in [-0.25, -0.2) is 4.39 Å². The summed E-state index contributed by atoms with van der Waals surface area (Å²) in [7, 11) is 1.54. The van der Waals surface area contributed by atoms with E-state index in [9.17, 15) is 4.39 Å². The summed E-state index contributed by atoms with van der Waals surface area (Å²) in [5, 5.41) is 3.43. The number of aryl methyl sites for hydroxylation is 1. The highest BCUT2D eigenvalue weighted by Gasteiger charge is 2.20. The first-order valence-electron chi connectivity index (χ1n) is 6.89. The van der Waals surface area contributed by atoms with Crippen molar-refractivity contribution < 1.29 is 9.13 Å². The maximum atomic E-state index is 14.4. The molecule has 0 aliphatic rings. The van der Waals surface area contributed by atoms with E-state index in [4.69, 9.17) is 4.74 Å². The monoisotopic (exact) mass is 371 g/mol. The Kier molecular flexibility index (Phi) is 5.79. The minimum absolute atomic E-state index is 0.133. The molecule has 0 amide bonds. The van der Waals surface area contributed by atoms with Crippen molar-refractivity contribution >= 4 is 27.3 Å². The molecule has 0 aliphatic carbocycles. The third-order valence-corrected chi connectivity index (χ3v) is 5.48. The lowest BCUT2D eigenvalue weighted by Crippen LogP contribution is -2.23. The van der Waals surface area contributed by atoms with Gasteiger partial charge in [-0.05, 0) is 53.5 Å². The van der Waals surface area contributed by atoms with Gasteiger partial charge in [0.05, 0.1) is 16.9 Å². The van der Waals surface area contributed by atoms with E-state index in [1.807, 2.05) is 6.92 Å². The lowest BCUT2D eigenvalue weighted by atomic mass is 10.0. The van der Waals surface area contributed by atoms with E-state index in [0.717, 1.165) is 21.6 Å². The quantitative estimate of drug-likeness (QED) is 0.766. The largest absolute Gasteiger partial charge is 0.497 e. The Morgan fingerprint density at radius 1 is 1.38 bits per heavy atom. The van der Waals surface area contributed by atoms with Crippen LogP contribution >= 0.6 is 27.3 Å². The van der Waals surface area contributed by atoms with Gasteiger partial charge >= 0.3 is 0 Å². The fourth-order valence-electron chi connectivity index (χ4n) is 2.15. The maximum Gasteiger partial charge on any atom is 0.132 e. The van der Waals surface area contributed by atoms with Gasteiger partial charge in [0.15, 0.2) is 0 Å². The molecule has 0 aliphatic heterocycles. The Balaban J connectivity index is 2.40. The Labute approximate surface area is 137 Å². The van der Waals surface area contributed by atoms with Gasteiger partial charge in [0.2, 0.25) is 0 Å². The van der Waals surface area contributed by atoms with Crippen molar-refractivity contribution in [1.82, 2.24) is 5.32 Å². The first-order chi connectivity index (χ1) is 10.1. The average Bonchev–Trinajstić information content (AvgIpc) is 2.80. The number of thiophene rings is 1. The molecule has 1 aromatic carbocycles. The van der Waals surface area contributed by atoms with Crippen molar-refractivity contribution in [3.05, 3.63) is 49.9 Å². The molecule has 0 saturated heterocycles. The van der Waals surface area contributed by atoms with Crippen molar-refractivity contribution in [1.29, 1.82) is 0 Å². The molecule has 0 radical (unpaired) electrons. The summed E-state index contributed by atoms with van der Waals surface area (Å²) in [4.78, 5) is 1.11. The zero-order chi connectivity index (χ0) is 15.4. The summed E-state index contributed by atoms with van der Waals surface area (Å²) in [6, 6.07) is 7.00. The van der Waals surface area contributed by atoms with Crippen LogP contribution in [0.4, 0.5) is 4.39 Å². The van der Waals surface area contributed by atoms with Gasteiger partial charge < -0.3 is 10.1 Å². The molecule has 0 bridgehead atoms. The Hall–Kier alpha value is -0.910. The summed E-state index contributed by atoms with van der Waals surface area (Å²) in [6.45, 7) is 4.99. The minimum atomic E-state index is -0.245. The standard InChI is InChI=1S/C16H19BrFNOS/c1-4-7-19-15(14-8-10(2)16(17)21-14)12-6-5-11(20-3)9-13(12)18/h5-6,8-9,15,19H,4,7H2,1-3H3. The van der Waals surface area contributed by atoms with Crippen LogP contribution in [0.1, 0.15) is 35.4 Å². The summed E-state index contributed by atoms with van der Waals surface area (Å²) in [6.07, 6.45) is 1.000. The zero-order valence-electron chi connectivity index (χ0n) is 12.4. The number of nitrogens with one attached hydrogen (secondary N) is 1. The van der Waals surface area contributed by atoms with Crippen LogP contribution in [0.15, 0.2) is 28.1 Å². The lowest BCUT2D eigenvalue weighted by molar-refractivity contribution is 0.410. The summed E-state index contributed by atoms with van der Waals surface area (Å²) in [5.41, 5.74) is 1.82. The van der Waals surface area contributed by atoms with Crippen LogP contribution in [0.2, 0.25) is 0 Å². The van der Waals surface area contributed by atoms with Crippen molar-refractivity contribution in [2.45, 2.75) is 26.3 Å². The second kappa shape index (κ2) is 7.38. The highest BCUT2D eigenvalue weighted by atomic mass is 79.9. The number of halogens is 2. The van der Waals surface area contributed by atoms with E-state index >= 15 is 0 Å². The molecule has 1 unspecified atom stereocenters. The molecule has 1 atom stereocenters. The predicted molar refractivity (Wildman–Crippen MR) is 89.8 cm³/mol. The van der Waals surface area contributed by atoms with E-state index in [0.29, 0.717) is 11.3 Å². The normalized spacial score (nSPS) is 12.4. The molecule has 1 aromatic heterocycles. The molecule has 0 fully saturated rings. The molecular formula is C16H19BrFNOS. The molecule has 5 heteroatoms. The van der Waals surface area contributed by atoms with Crippen LogP contribution in [-0.4, -0.2) is 13.7 Å². The molecule has 21 heavy (non-hydrogen) atoms. The zero-order valence-corrected chi connectivity index (χ0v) is 14.8. The van der Waals surface area contributed by atoms with Gasteiger partial charge in [0, 0.05) is 16.5 Å². The topological polar surface area (TPSA) is 21.3 Å². The minimum Gasteiger partial charge on any atom is -0.497 e. The van der Waals surface area contributed by atoms with E-state index < -0.39 is 0 Å². The third-order valence-electron chi connectivity index (χ3n) is 3.28. The highest BCUT2D eigenvalue weighted by molar-refractivity contribution is 9.11. The number of ether oxygens (including phenoxy) is 1. The Morgan fingerprint density at radius 3 is 2.67 bits per heavy atom. The van der Waals surface area contributed by atoms with Crippen molar-refractivity contribution in [2.75, 3.05) is 13.7 Å². The number of benzene rings is 1. The van der Waals surface area contributed by atoms with Crippen molar-refractivity contribution in [3.8, 4) is 5.75 Å². The Bertz CT molecular complexity index is 595. The Morgan fingerprint density at radius 2 is 2.14 bits per heavy atom. The van der Waals surface area contributed by atoms with Crippen LogP contribution in [0.25, 0.3) is 0 Å². The summed E-state index contributed by atoms with van der Waals surface area (Å²) >= 11 is 5.19. The van der Waals surface area contributed by atoms with Crippen LogP contribution in [-0.2, 0) is 0 Å². The van der Waals surface area contributed by atoms with Crippen LogP contribution in [0.5, 0.6) is 5.75 Å². The van der Waals surface area contributed by atoms with Crippen molar-refractivity contribution in [3.63, 3.8) is 0 Å². The second-order valence-corrected chi connectivity index (χ2v) is 7.28. The predicted octanol–water partition coefficient (Wildman–Crippen LogP) is 5.06. The third kappa shape index (κ3) is 3.84. The second-order valence-electron chi connectivity index (χ2n) is 4.88. The van der Waals surface area contributed by atoms with Gasteiger partial charge in [0.1, 0.15) is 11.6 Å². The molecule has 1 heterocycles. The highest BCUT2D eigenvalue weighted by Crippen LogP contribution is 2.35. The van der Waals surface area contributed by atoms with Gasteiger partial charge in [0.25, 0.3) is 0 Å². The average molecular weight is 372 g/mol. The number of hydrogen-bond donors (Lipinski definition) is 1. The molecule has 114 valence electrons. The molecule has 1 N–H and O–H groups in total. The number of methoxy groups -OCH3 is 1. The number of rotatable bonds is 6. The van der Waals surface area contributed by atoms with E-state index in [2.05, 4.69) is 34.2 Å². The van der Waals surface area contributed by atoms with Crippen LogP contribution < -0.4 is 10.1 Å².